The van der Waals surface area contributed by atoms with E-state index in [1.165, 1.54) is 11.3 Å². The van der Waals surface area contributed by atoms with Crippen LogP contribution in [0.2, 0.25) is 0 Å². The lowest BCUT2D eigenvalue weighted by atomic mass is 9.76. The summed E-state index contributed by atoms with van der Waals surface area (Å²) >= 11 is 1.33. The van der Waals surface area contributed by atoms with Crippen molar-refractivity contribution < 1.29 is 24.2 Å². The number of aromatic amines is 1. The molecule has 6 rings (SSSR count). The number of carbonyl (C=O) groups is 3. The molecule has 2 saturated heterocycles. The largest absolute Gasteiger partial charge is 0.492 e. The number of aliphatic carboxylic acids is 1. The Hall–Kier alpha value is -4.02. The lowest BCUT2D eigenvalue weighted by Crippen LogP contribution is -2.57. The molecule has 0 aliphatic carbocycles. The number of benzene rings is 2. The number of carboxylic acid groups (broad SMARTS) is 1. The molecule has 4 atom stereocenters. The molecule has 0 bridgehead atoms. The number of para-hydroxylation sites is 2. The van der Waals surface area contributed by atoms with E-state index < -0.39 is 41.2 Å². The molecule has 10 heteroatoms. The van der Waals surface area contributed by atoms with Crippen molar-refractivity contribution in [3.63, 3.8) is 0 Å². The maximum Gasteiger partial charge on any atom is 0.325 e. The van der Waals surface area contributed by atoms with Crippen molar-refractivity contribution in [2.45, 2.75) is 18.0 Å². The second kappa shape index (κ2) is 9.13. The molecule has 2 aromatic carbocycles. The lowest BCUT2D eigenvalue weighted by molar-refractivity contribution is -0.151. The molecule has 9 nitrogen and oxygen atoms in total. The van der Waals surface area contributed by atoms with Crippen LogP contribution in [0.1, 0.15) is 16.6 Å². The number of hydrogen-bond acceptors (Lipinski definition) is 7. The van der Waals surface area contributed by atoms with E-state index in [1.807, 2.05) is 42.5 Å². The Labute approximate surface area is 216 Å². The van der Waals surface area contributed by atoms with Gasteiger partial charge in [-0.15, -0.1) is 11.3 Å². The number of aromatic nitrogens is 2. The van der Waals surface area contributed by atoms with Crippen LogP contribution in [0.25, 0.3) is 10.9 Å². The highest BCUT2D eigenvalue weighted by Crippen LogP contribution is 2.50. The lowest BCUT2D eigenvalue weighted by Gasteiger charge is -2.31. The fourth-order valence-corrected chi connectivity index (χ4v) is 6.40. The number of ether oxygens (including phenoxy) is 1. The van der Waals surface area contributed by atoms with Gasteiger partial charge >= 0.3 is 5.97 Å². The van der Waals surface area contributed by atoms with Gasteiger partial charge in [0.15, 0.2) is 0 Å². The molecule has 0 saturated carbocycles. The minimum Gasteiger partial charge on any atom is -0.492 e. The Morgan fingerprint density at radius 3 is 2.65 bits per heavy atom. The number of likely N-dealkylation sites (tertiary alicyclic amines) is 1. The maximum atomic E-state index is 13.8. The summed E-state index contributed by atoms with van der Waals surface area (Å²) in [6.07, 6.45) is 3.42. The summed E-state index contributed by atoms with van der Waals surface area (Å²) in [5, 5.41) is 17.1. The van der Waals surface area contributed by atoms with Crippen LogP contribution >= 0.6 is 11.3 Å². The molecule has 37 heavy (non-hydrogen) atoms. The Bertz CT molecular complexity index is 1470. The summed E-state index contributed by atoms with van der Waals surface area (Å²) in [5.74, 6) is -3.41. The van der Waals surface area contributed by atoms with E-state index in [4.69, 9.17) is 4.74 Å². The first-order chi connectivity index (χ1) is 18.0. The zero-order valence-electron chi connectivity index (χ0n) is 19.7. The van der Waals surface area contributed by atoms with E-state index in [1.54, 1.807) is 29.9 Å². The molecule has 2 aliphatic rings. The van der Waals surface area contributed by atoms with E-state index in [0.29, 0.717) is 10.8 Å². The molecule has 2 aliphatic heterocycles. The maximum absolute atomic E-state index is 13.8. The number of nitrogens with one attached hydrogen (secondary N) is 2. The molecule has 2 amide bonds. The predicted octanol–water partition coefficient (Wildman–Crippen LogP) is 3.02. The van der Waals surface area contributed by atoms with E-state index in [-0.39, 0.29) is 19.6 Å². The number of H-pyrrole nitrogens is 1. The third kappa shape index (κ3) is 3.80. The van der Waals surface area contributed by atoms with Crippen LogP contribution in [0, 0.1) is 11.8 Å². The van der Waals surface area contributed by atoms with Gasteiger partial charge in [0.05, 0.1) is 24.4 Å². The first kappa shape index (κ1) is 23.4. The monoisotopic (exact) mass is 516 g/mol. The first-order valence-corrected chi connectivity index (χ1v) is 12.9. The van der Waals surface area contributed by atoms with Crippen LogP contribution in [-0.2, 0) is 20.8 Å². The van der Waals surface area contributed by atoms with Gasteiger partial charge in [0.25, 0.3) is 0 Å². The number of carbonyl (C=O) groups excluding carboxylic acids is 2. The molecule has 188 valence electrons. The van der Waals surface area contributed by atoms with E-state index in [9.17, 15) is 19.5 Å². The number of nitrogens with zero attached hydrogens (tertiary/aromatic N) is 2. The Morgan fingerprint density at radius 2 is 1.89 bits per heavy atom. The summed E-state index contributed by atoms with van der Waals surface area (Å²) in [5.41, 5.74) is -0.0546. The molecular weight excluding hydrogens is 492 g/mol. The molecule has 2 fully saturated rings. The number of thiazole rings is 1. The topological polar surface area (TPSA) is 125 Å². The second-order valence-corrected chi connectivity index (χ2v) is 10.2. The van der Waals surface area contributed by atoms with Gasteiger partial charge in [-0.25, -0.2) is 4.98 Å². The van der Waals surface area contributed by atoms with Gasteiger partial charge in [-0.1, -0.05) is 36.4 Å². The van der Waals surface area contributed by atoms with Crippen LogP contribution in [0.3, 0.4) is 0 Å². The van der Waals surface area contributed by atoms with E-state index in [0.717, 1.165) is 21.4 Å². The number of rotatable bonds is 8. The van der Waals surface area contributed by atoms with E-state index >= 15 is 0 Å². The first-order valence-electron chi connectivity index (χ1n) is 12.0. The van der Waals surface area contributed by atoms with Crippen molar-refractivity contribution in [2.75, 3.05) is 13.2 Å². The van der Waals surface area contributed by atoms with Crippen molar-refractivity contribution in [3.05, 3.63) is 82.9 Å². The molecule has 0 spiro atoms. The summed E-state index contributed by atoms with van der Waals surface area (Å²) in [4.78, 5) is 49.2. The molecule has 4 aromatic rings. The minimum absolute atomic E-state index is 0.0305. The smallest absolute Gasteiger partial charge is 0.325 e. The van der Waals surface area contributed by atoms with Gasteiger partial charge in [-0.3, -0.25) is 24.6 Å². The second-order valence-electron chi connectivity index (χ2n) is 9.30. The minimum atomic E-state index is -1.69. The summed E-state index contributed by atoms with van der Waals surface area (Å²) in [6, 6.07) is 16.0. The zero-order chi connectivity index (χ0) is 25.6. The van der Waals surface area contributed by atoms with Gasteiger partial charge in [0, 0.05) is 35.1 Å². The van der Waals surface area contributed by atoms with Crippen molar-refractivity contribution in [3.8, 4) is 5.75 Å². The highest BCUT2D eigenvalue weighted by molar-refractivity contribution is 7.09. The fourth-order valence-electron chi connectivity index (χ4n) is 5.67. The molecule has 3 N–H and O–H groups in total. The van der Waals surface area contributed by atoms with Crippen LogP contribution in [0.4, 0.5) is 0 Å². The summed E-state index contributed by atoms with van der Waals surface area (Å²) in [7, 11) is 0. The van der Waals surface area contributed by atoms with Crippen molar-refractivity contribution in [2.24, 2.45) is 11.8 Å². The normalized spacial score (nSPS) is 25.1. The Morgan fingerprint density at radius 1 is 1.11 bits per heavy atom. The summed E-state index contributed by atoms with van der Waals surface area (Å²) in [6.45, 7) is 0.145. The number of hydrogen-bond donors (Lipinski definition) is 3. The molecular formula is C27H24N4O5S. The van der Waals surface area contributed by atoms with Crippen LogP contribution in [0.5, 0.6) is 5.75 Å². The predicted molar refractivity (Wildman–Crippen MR) is 136 cm³/mol. The van der Waals surface area contributed by atoms with Crippen molar-refractivity contribution in [1.82, 2.24) is 20.2 Å². The van der Waals surface area contributed by atoms with Gasteiger partial charge in [-0.2, -0.15) is 0 Å². The molecule has 4 heterocycles. The molecule has 0 radical (unpaired) electrons. The number of imide groups is 1. The van der Waals surface area contributed by atoms with Crippen LogP contribution < -0.4 is 10.1 Å². The highest BCUT2D eigenvalue weighted by atomic mass is 32.1. The van der Waals surface area contributed by atoms with Crippen molar-refractivity contribution >= 4 is 40.0 Å². The standard InChI is InChI=1S/C27H24N4O5S/c32-24-20-21(25(33)31(24)11-12-36-17-6-2-1-3-7-17)27(26(34)35,30-22(20)23-28-10-13-37-23)14-16-15-29-19-9-5-4-8-18(16)19/h1-10,13,15,20-22,29-30H,11-12,14H2,(H,34,35). The average molecular weight is 517 g/mol. The molecule has 4 unspecified atom stereocenters. The third-order valence-electron chi connectivity index (χ3n) is 7.32. The number of amides is 2. The van der Waals surface area contributed by atoms with Crippen LogP contribution in [-0.4, -0.2) is 56.4 Å². The van der Waals surface area contributed by atoms with Crippen molar-refractivity contribution in [1.29, 1.82) is 0 Å². The zero-order valence-corrected chi connectivity index (χ0v) is 20.5. The Balaban J connectivity index is 1.36. The third-order valence-corrected chi connectivity index (χ3v) is 8.17. The van der Waals surface area contributed by atoms with E-state index in [2.05, 4.69) is 15.3 Å². The SMILES string of the molecule is O=C1C2C(c3nccs3)NC(Cc3c[nH]c4ccccc34)(C(=O)O)C2C(=O)N1CCOc1ccccc1. The highest BCUT2D eigenvalue weighted by Gasteiger charge is 2.68. The van der Waals surface area contributed by atoms with Gasteiger partial charge in [0.1, 0.15) is 22.9 Å². The number of fused-ring (bicyclic) bond motifs is 2. The summed E-state index contributed by atoms with van der Waals surface area (Å²) < 4.78 is 5.73. The quantitative estimate of drug-likeness (QED) is 0.308. The number of carboxylic acids is 1. The molecule has 2 aromatic heterocycles. The van der Waals surface area contributed by atoms with Gasteiger partial charge in [-0.05, 0) is 23.8 Å². The van der Waals surface area contributed by atoms with Gasteiger partial charge < -0.3 is 14.8 Å². The Kier molecular flexibility index (Phi) is 5.77. The fraction of sp³-hybridized carbons (Fsp3) is 0.259. The van der Waals surface area contributed by atoms with Gasteiger partial charge in [0.2, 0.25) is 11.8 Å². The average Bonchev–Trinajstić information content (AvgIpc) is 3.68. The van der Waals surface area contributed by atoms with Crippen LogP contribution in [0.15, 0.2) is 72.4 Å².